The molecule has 294 valence electrons. The van der Waals surface area contributed by atoms with Crippen molar-refractivity contribution in [2.45, 2.75) is 54.5 Å². The minimum atomic E-state index is -1.04. The van der Waals surface area contributed by atoms with Crippen LogP contribution in [0.3, 0.4) is 0 Å². The highest BCUT2D eigenvalue weighted by Crippen LogP contribution is 2.32. The first-order valence-corrected chi connectivity index (χ1v) is 16.6. The van der Waals surface area contributed by atoms with Crippen LogP contribution in [-0.4, -0.2) is 59.3 Å². The van der Waals surface area contributed by atoms with E-state index in [-0.39, 0.29) is 47.6 Å². The Morgan fingerprint density at radius 2 is 1.48 bits per heavy atom. The molecule has 54 heavy (non-hydrogen) atoms. The largest absolute Gasteiger partial charge is 0.494 e. The van der Waals surface area contributed by atoms with Gasteiger partial charge in [0, 0.05) is 60.4 Å². The molecule has 3 aromatic rings. The van der Waals surface area contributed by atoms with E-state index in [9.17, 15) is 42.6 Å². The number of nitro benzene ring substituents is 2. The predicted octanol–water partition coefficient (Wildman–Crippen LogP) is 8.97. The van der Waals surface area contributed by atoms with E-state index in [1.54, 1.807) is 14.0 Å². The molecule has 0 radical (unpaired) electrons. The van der Waals surface area contributed by atoms with Crippen LogP contribution in [0.15, 0.2) is 71.0 Å². The average molecular weight is 764 g/mol. The summed E-state index contributed by atoms with van der Waals surface area (Å²) in [5.41, 5.74) is 5.57. The van der Waals surface area contributed by atoms with E-state index in [0.29, 0.717) is 23.5 Å². The second-order valence-electron chi connectivity index (χ2n) is 10.5. The molecule has 1 aliphatic heterocycles. The summed E-state index contributed by atoms with van der Waals surface area (Å²) >= 11 is 0. The number of nitrogens with zero attached hydrogens (tertiary/aromatic N) is 5. The summed E-state index contributed by atoms with van der Waals surface area (Å²) in [5, 5.41) is 24.2. The topological polar surface area (TPSA) is 179 Å². The van der Waals surface area contributed by atoms with Crippen LogP contribution in [0, 0.1) is 43.5 Å². The van der Waals surface area contributed by atoms with E-state index < -0.39 is 44.5 Å². The van der Waals surface area contributed by atoms with Gasteiger partial charge in [0.2, 0.25) is 11.6 Å². The summed E-state index contributed by atoms with van der Waals surface area (Å²) in [6, 6.07) is 6.55. The van der Waals surface area contributed by atoms with Crippen LogP contribution in [0.2, 0.25) is 0 Å². The molecule has 0 spiro atoms. The number of hydrogen-bond donors (Lipinski definition) is 2. The number of halogens is 4. The summed E-state index contributed by atoms with van der Waals surface area (Å²) < 4.78 is 64.1. The Morgan fingerprint density at radius 1 is 0.926 bits per heavy atom. The number of methoxy groups -OCH3 is 2. The molecule has 1 fully saturated rings. The van der Waals surface area contributed by atoms with Crippen molar-refractivity contribution in [1.82, 2.24) is 9.80 Å². The number of carbonyl (C=O) groups is 1. The number of ether oxygens (including phenoxy) is 2. The quantitative estimate of drug-likeness (QED) is 0.0537. The van der Waals surface area contributed by atoms with Gasteiger partial charge in [-0.3, -0.25) is 25.1 Å². The third kappa shape index (κ3) is 12.2. The number of allylic oxidation sites excluding steroid dienone is 1. The molecule has 0 bridgehead atoms. The zero-order valence-electron chi connectivity index (χ0n) is 31.5. The van der Waals surface area contributed by atoms with E-state index in [2.05, 4.69) is 15.0 Å². The molecular weight excluding hydrogens is 718 g/mol. The van der Waals surface area contributed by atoms with Crippen LogP contribution in [0.25, 0.3) is 0 Å². The Kier molecular flexibility index (Phi) is 18.7. The molecule has 1 heterocycles. The third-order valence-corrected chi connectivity index (χ3v) is 7.07. The molecule has 3 aromatic carbocycles. The second-order valence-corrected chi connectivity index (χ2v) is 10.5. The molecule has 4 rings (SSSR count). The van der Waals surface area contributed by atoms with Gasteiger partial charge in [0.25, 0.3) is 0 Å². The molecule has 1 saturated heterocycles. The Labute approximate surface area is 310 Å². The molecule has 0 atom stereocenters. The maximum absolute atomic E-state index is 14.2. The number of likely N-dealkylation sites (N-methyl/N-ethyl adjacent to an activating group) is 1. The van der Waals surface area contributed by atoms with Gasteiger partial charge in [-0.25, -0.2) is 18.6 Å². The number of nitro groups is 2. The van der Waals surface area contributed by atoms with Crippen LogP contribution < -0.4 is 20.5 Å². The standard InChI is InChI=1S/C25H26F3N5O4.C7H7FN2O3.2C2H6/c1-5-6-22-17(14-32(25(34)31(22)3)13-16-7-8-18(26)9-19(16)27)12-29-15(2)30-21-11-23(33(35)36)20(28)10-24(21)37-4;1-13-7-2-4(8)6(10(11)12)3-5(7)9;2*1-2/h6-12H,5,13-14H2,1-4H3,(H,29,30);2-3H,9H2,1H3;2*1-2H3/b17-12-,22-6-;;;. The van der Waals surface area contributed by atoms with Gasteiger partial charge in [0.15, 0.2) is 0 Å². The number of nitrogens with two attached hydrogens (primary N) is 1. The normalized spacial score (nSPS) is 13.9. The highest BCUT2D eigenvalue weighted by Gasteiger charge is 2.30. The van der Waals surface area contributed by atoms with Gasteiger partial charge in [-0.1, -0.05) is 46.8 Å². The highest BCUT2D eigenvalue weighted by atomic mass is 19.1. The minimum absolute atomic E-state index is 0.0376. The van der Waals surface area contributed by atoms with Gasteiger partial charge in [0.1, 0.15) is 29.0 Å². The summed E-state index contributed by atoms with van der Waals surface area (Å²) in [6.45, 7) is 11.5. The highest BCUT2D eigenvalue weighted by molar-refractivity contribution is 5.95. The monoisotopic (exact) mass is 763 g/mol. The Balaban J connectivity index is 0.000000715. The minimum Gasteiger partial charge on any atom is -0.494 e. The van der Waals surface area contributed by atoms with E-state index in [1.165, 1.54) is 36.3 Å². The molecule has 0 saturated carbocycles. The molecule has 0 aromatic heterocycles. The van der Waals surface area contributed by atoms with Gasteiger partial charge in [-0.15, -0.1) is 0 Å². The lowest BCUT2D eigenvalue weighted by Crippen LogP contribution is -2.47. The molecule has 0 aliphatic carbocycles. The van der Waals surface area contributed by atoms with E-state index >= 15 is 0 Å². The van der Waals surface area contributed by atoms with E-state index in [4.69, 9.17) is 10.5 Å². The number of urea groups is 1. The summed E-state index contributed by atoms with van der Waals surface area (Å²) in [7, 11) is 4.19. The number of aliphatic imine (C=N–C) groups is 1. The summed E-state index contributed by atoms with van der Waals surface area (Å²) in [6.07, 6.45) is 4.00. The Bertz CT molecular complexity index is 1890. The molecule has 18 heteroatoms. The first kappa shape index (κ1) is 45.8. The van der Waals surface area contributed by atoms with Gasteiger partial charge in [-0.2, -0.15) is 8.78 Å². The van der Waals surface area contributed by atoms with Crippen LogP contribution in [-0.2, 0) is 6.54 Å². The van der Waals surface area contributed by atoms with Crippen molar-refractivity contribution in [3.63, 3.8) is 0 Å². The Hall–Kier alpha value is -6.20. The maximum atomic E-state index is 14.2. The molecule has 2 amide bonds. The number of benzene rings is 3. The fourth-order valence-electron chi connectivity index (χ4n) is 4.66. The lowest BCUT2D eigenvalue weighted by atomic mass is 10.1. The number of carbonyl (C=O) groups excluding carboxylic acids is 1. The van der Waals surface area contributed by atoms with Crippen molar-refractivity contribution >= 4 is 34.6 Å². The third-order valence-electron chi connectivity index (χ3n) is 7.07. The first-order chi connectivity index (χ1) is 25.6. The van der Waals surface area contributed by atoms with Crippen LogP contribution in [0.4, 0.5) is 45.1 Å². The first-order valence-electron chi connectivity index (χ1n) is 16.6. The second kappa shape index (κ2) is 22.0. The number of nitrogens with one attached hydrogen (secondary N) is 1. The molecule has 14 nitrogen and oxygen atoms in total. The van der Waals surface area contributed by atoms with Crippen LogP contribution in [0.1, 0.15) is 53.5 Å². The number of hydrogen-bond acceptors (Lipinski definition) is 9. The van der Waals surface area contributed by atoms with Crippen molar-refractivity contribution in [2.75, 3.05) is 38.9 Å². The molecular formula is C36H45F4N7O7. The maximum Gasteiger partial charge on any atom is 0.324 e. The number of amides is 2. The van der Waals surface area contributed by atoms with Gasteiger partial charge < -0.3 is 25.4 Å². The summed E-state index contributed by atoms with van der Waals surface area (Å²) in [4.78, 5) is 39.8. The van der Waals surface area contributed by atoms with Crippen molar-refractivity contribution in [3.8, 4) is 11.5 Å². The van der Waals surface area contributed by atoms with Gasteiger partial charge in [-0.05, 0) is 19.4 Å². The molecule has 0 unspecified atom stereocenters. The SMILES string of the molecule is CC.CC.CC/C=C1/C(=C\N=C(C)Nc2cc([N+](=O)[O-])c(F)cc2OC)CN(Cc2ccc(F)cc2F)C(=O)N1C.COc1cc(F)c([N+](=O)[O-])cc1N. The molecule has 3 N–H and O–H groups in total. The van der Waals surface area contributed by atoms with Crippen molar-refractivity contribution in [1.29, 1.82) is 0 Å². The van der Waals surface area contributed by atoms with E-state index in [1.807, 2.05) is 40.7 Å². The predicted molar refractivity (Wildman–Crippen MR) is 199 cm³/mol. The van der Waals surface area contributed by atoms with Crippen molar-refractivity contribution < 1.29 is 41.7 Å². The van der Waals surface area contributed by atoms with Gasteiger partial charge >= 0.3 is 17.4 Å². The lowest BCUT2D eigenvalue weighted by Gasteiger charge is -2.37. The van der Waals surface area contributed by atoms with Crippen LogP contribution >= 0.6 is 0 Å². The fourth-order valence-corrected chi connectivity index (χ4v) is 4.66. The zero-order valence-corrected chi connectivity index (χ0v) is 31.5. The Morgan fingerprint density at radius 3 is 2.00 bits per heavy atom. The zero-order chi connectivity index (χ0) is 41.3. The number of nitrogen functional groups attached to an aromatic ring is 1. The molecule has 1 aliphatic rings. The fraction of sp³-hybridized carbons (Fsp3) is 0.333. The van der Waals surface area contributed by atoms with Crippen molar-refractivity contribution in [2.24, 2.45) is 4.99 Å². The van der Waals surface area contributed by atoms with Crippen molar-refractivity contribution in [3.05, 3.63) is 115 Å². The summed E-state index contributed by atoms with van der Waals surface area (Å²) in [5.74, 6) is -3.02. The van der Waals surface area contributed by atoms with Crippen LogP contribution in [0.5, 0.6) is 11.5 Å². The number of rotatable bonds is 9. The van der Waals surface area contributed by atoms with Gasteiger partial charge in [0.05, 0.1) is 48.5 Å². The lowest BCUT2D eigenvalue weighted by molar-refractivity contribution is -0.387. The smallest absolute Gasteiger partial charge is 0.324 e. The number of amidine groups is 1. The number of anilines is 2. The average Bonchev–Trinajstić information content (AvgIpc) is 3.14. The van der Waals surface area contributed by atoms with E-state index in [0.717, 1.165) is 36.4 Å².